The molecule has 3 unspecified atom stereocenters. The van der Waals surface area contributed by atoms with Crippen molar-refractivity contribution < 1.29 is 75.4 Å². The first-order valence-corrected chi connectivity index (χ1v) is 37.0. The summed E-state index contributed by atoms with van der Waals surface area (Å²) in [5.41, 5.74) is -1.56. The smallest absolute Gasteiger partial charge is 0.378 e. The largest absolute Gasteiger partial charge is 0.393 e. The zero-order valence-corrected chi connectivity index (χ0v) is 60.6. The van der Waals surface area contributed by atoms with E-state index in [1.165, 1.54) is 81.4 Å². The van der Waals surface area contributed by atoms with Crippen molar-refractivity contribution in [2.45, 2.75) is 254 Å². The zero-order chi connectivity index (χ0) is 72.5. The number of nitrogens with one attached hydrogen (secondary N) is 4. The first-order chi connectivity index (χ1) is 46.8. The number of likely N-dealkylation sites (N-methyl/N-ethyl adjacent to an activating group) is 5. The van der Waals surface area contributed by atoms with Crippen LogP contribution in [0.25, 0.3) is 0 Å². The maximum Gasteiger partial charge on any atom is 0.393 e. The third kappa shape index (κ3) is 18.3. The predicted molar refractivity (Wildman–Crippen MR) is 360 cm³/mol. The second kappa shape index (κ2) is 34.1. The molecular weight excluding hydrogens is 1310 g/mol. The molecule has 12 amide bonds. The van der Waals surface area contributed by atoms with Gasteiger partial charge in [0.25, 0.3) is 0 Å². The molecule has 29 heteroatoms. The average Bonchev–Trinajstić information content (AvgIpc) is 1.76. The van der Waals surface area contributed by atoms with Gasteiger partial charge in [-0.3, -0.25) is 57.5 Å². The summed E-state index contributed by atoms with van der Waals surface area (Å²) in [4.78, 5) is 190. The number of alkyl halides is 4. The monoisotopic (exact) mass is 1420 g/mol. The maximum atomic E-state index is 15.7. The van der Waals surface area contributed by atoms with Crippen LogP contribution < -0.4 is 21.3 Å². The van der Waals surface area contributed by atoms with Crippen molar-refractivity contribution in [3.63, 3.8) is 0 Å². The quantitative estimate of drug-likeness (QED) is 0.222. The second-order valence-corrected chi connectivity index (χ2v) is 30.8. The molecule has 0 aromatic carbocycles. The summed E-state index contributed by atoms with van der Waals surface area (Å²) in [7, 11) is 7.26. The number of amides is 12. The fraction of sp³-hybridized carbons (Fsp3) is 0.829. The maximum absolute atomic E-state index is 15.7. The summed E-state index contributed by atoms with van der Waals surface area (Å²) in [5, 5.41) is 10.4. The standard InChI is InChI=1S/C70H110ClF3N12O13/c1-11-42(4)56-61(91)75-43(5)62(92)86-32-28-51(86)64(94)82(9)57(45-19-12-13-20-45)66(96)79(6)40-54(87)76-49(27-25-44-24-26-47(48(71)38-44)70(72,73)74)63(93)85-31-18-23-50(85)60(90)78-69(29-16-17-30-69)68(98)83(10)58(46-21-14-15-22-46)67(97)81(8)53(65(95)84-33-35-99-36-34-84)39-55(88)80(7)52(37-41(2)3)59(89)77-56/h41-53,56-58H,11-40H2,1-10H3,(H,75,91)(H,76,87)(H,77,89)(H,78,90)/t42-,43-,44?,47?,48?,49-,50-,51-,52-,53-,56-,57-,58-/m0/s1. The highest BCUT2D eigenvalue weighted by atomic mass is 35.5. The molecule has 556 valence electrons. The van der Waals surface area contributed by atoms with E-state index in [0.29, 0.717) is 51.4 Å². The van der Waals surface area contributed by atoms with Gasteiger partial charge in [-0.1, -0.05) is 72.6 Å². The highest BCUT2D eigenvalue weighted by Crippen LogP contribution is 2.44. The molecule has 99 heavy (non-hydrogen) atoms. The van der Waals surface area contributed by atoms with Gasteiger partial charge in [0.2, 0.25) is 70.9 Å². The van der Waals surface area contributed by atoms with Crippen LogP contribution >= 0.6 is 11.6 Å². The van der Waals surface area contributed by atoms with Crippen molar-refractivity contribution in [2.24, 2.45) is 35.5 Å². The minimum absolute atomic E-state index is 0.000831. The molecule has 0 radical (unpaired) electrons. The van der Waals surface area contributed by atoms with Crippen molar-refractivity contribution >= 4 is 82.5 Å². The van der Waals surface area contributed by atoms with Crippen LogP contribution in [0.1, 0.15) is 182 Å². The Morgan fingerprint density at radius 2 is 1.23 bits per heavy atom. The third-order valence-electron chi connectivity index (χ3n) is 23.1. The van der Waals surface area contributed by atoms with E-state index >= 15 is 28.8 Å². The molecule has 4 N–H and O–H groups in total. The highest BCUT2D eigenvalue weighted by Gasteiger charge is 2.53. The number of hydrogen-bond acceptors (Lipinski definition) is 13. The molecule has 1 spiro atoms. The van der Waals surface area contributed by atoms with Gasteiger partial charge in [0, 0.05) is 66.8 Å². The van der Waals surface area contributed by atoms with E-state index < -0.39 is 173 Å². The van der Waals surface area contributed by atoms with Crippen molar-refractivity contribution in [3.05, 3.63) is 0 Å². The molecule has 8 fully saturated rings. The number of hydrogen-bond donors (Lipinski definition) is 4. The van der Waals surface area contributed by atoms with Crippen LogP contribution in [-0.2, 0) is 62.3 Å². The zero-order valence-electron chi connectivity index (χ0n) is 59.8. The van der Waals surface area contributed by atoms with Gasteiger partial charge < -0.3 is 65.2 Å². The molecule has 0 bridgehead atoms. The molecule has 4 saturated carbocycles. The molecular formula is C70H110ClF3N12O13. The van der Waals surface area contributed by atoms with Crippen LogP contribution in [-0.4, -0.2) is 263 Å². The van der Waals surface area contributed by atoms with Crippen LogP contribution in [0.2, 0.25) is 0 Å². The first-order valence-electron chi connectivity index (χ1n) is 36.5. The minimum Gasteiger partial charge on any atom is -0.378 e. The summed E-state index contributed by atoms with van der Waals surface area (Å²) in [6.07, 6.45) is 2.94. The van der Waals surface area contributed by atoms with Gasteiger partial charge >= 0.3 is 6.18 Å². The van der Waals surface area contributed by atoms with Gasteiger partial charge in [-0.2, -0.15) is 13.2 Å². The van der Waals surface area contributed by atoms with Crippen molar-refractivity contribution in [3.8, 4) is 0 Å². The fourth-order valence-electron chi connectivity index (χ4n) is 16.8. The minimum atomic E-state index is -4.51. The lowest BCUT2D eigenvalue weighted by Crippen LogP contribution is -2.65. The number of carbonyl (C=O) groups is 12. The van der Waals surface area contributed by atoms with Crippen LogP contribution in [0, 0.1) is 35.5 Å². The molecule has 8 aliphatic rings. The normalized spacial score (nSPS) is 31.9. The lowest BCUT2D eigenvalue weighted by Gasteiger charge is -2.45. The van der Waals surface area contributed by atoms with E-state index in [1.54, 1.807) is 6.92 Å². The molecule has 0 aromatic heterocycles. The molecule has 13 atom stereocenters. The number of nitrogens with zero attached hydrogens (tertiary/aromatic N) is 8. The number of morpholine rings is 1. The Morgan fingerprint density at radius 3 is 1.80 bits per heavy atom. The topological polar surface area (TPSA) is 288 Å². The average molecular weight is 1420 g/mol. The van der Waals surface area contributed by atoms with Gasteiger partial charge in [-0.25, -0.2) is 0 Å². The van der Waals surface area contributed by atoms with E-state index in [1.807, 2.05) is 20.8 Å². The summed E-state index contributed by atoms with van der Waals surface area (Å²) in [6, 6.07) is -10.8. The highest BCUT2D eigenvalue weighted by molar-refractivity contribution is 6.21. The number of rotatable bonds is 10. The van der Waals surface area contributed by atoms with Crippen LogP contribution in [0.4, 0.5) is 13.2 Å². The fourth-order valence-corrected chi connectivity index (χ4v) is 17.3. The van der Waals surface area contributed by atoms with E-state index in [-0.39, 0.29) is 121 Å². The number of fused-ring (bicyclic) bond motifs is 2. The molecule has 8 rings (SSSR count). The molecule has 4 aliphatic carbocycles. The third-order valence-corrected chi connectivity index (χ3v) is 23.6. The molecule has 25 nitrogen and oxygen atoms in total. The first kappa shape index (κ1) is 78.4. The van der Waals surface area contributed by atoms with Crippen LogP contribution in [0.3, 0.4) is 0 Å². The Hall–Kier alpha value is -6.32. The second-order valence-electron chi connectivity index (χ2n) is 30.2. The Bertz CT molecular complexity index is 2940. The summed E-state index contributed by atoms with van der Waals surface area (Å²) in [5.74, 6) is -11.0. The van der Waals surface area contributed by atoms with E-state index in [4.69, 9.17) is 16.3 Å². The number of ether oxygens (including phenoxy) is 1. The van der Waals surface area contributed by atoms with Crippen molar-refractivity contribution in [1.82, 2.24) is 60.5 Å². The van der Waals surface area contributed by atoms with E-state index in [2.05, 4.69) is 21.3 Å². The lowest BCUT2D eigenvalue weighted by molar-refractivity contribution is -0.182. The van der Waals surface area contributed by atoms with Crippen molar-refractivity contribution in [2.75, 3.05) is 81.2 Å². The number of halogens is 4. The van der Waals surface area contributed by atoms with Gasteiger partial charge in [0.1, 0.15) is 59.9 Å². The molecule has 0 aromatic rings. The summed E-state index contributed by atoms with van der Waals surface area (Å²) < 4.78 is 47.6. The molecule has 4 aliphatic heterocycles. The Morgan fingerprint density at radius 1 is 0.626 bits per heavy atom. The summed E-state index contributed by atoms with van der Waals surface area (Å²) >= 11 is 6.40. The van der Waals surface area contributed by atoms with Gasteiger partial charge in [-0.15, -0.1) is 11.6 Å². The molecule has 4 heterocycles. The summed E-state index contributed by atoms with van der Waals surface area (Å²) in [6.45, 7) is 9.14. The van der Waals surface area contributed by atoms with Gasteiger partial charge in [-0.05, 0) is 133 Å². The Labute approximate surface area is 586 Å². The van der Waals surface area contributed by atoms with Crippen LogP contribution in [0.15, 0.2) is 0 Å². The van der Waals surface area contributed by atoms with Gasteiger partial charge in [0.15, 0.2) is 0 Å². The SMILES string of the molecule is CC[C@H](C)[C@@H]1NC(=O)[C@H](CC(C)C)N(C)C(=O)C[C@@H](C(=O)N2CCOCC2)N(C)C(=O)[C@H](C2CCCC2)N(C)C(=O)C2(CCCC2)NC(=O)[C@@H]2CCCN2C(=O)[C@H](CCC2CCC(C(F)(F)F)C(Cl)C2)NC(=O)CN(C)C(=O)[C@H](C2CCCC2)N(C)C(=O)[C@@H]2CCN2C(=O)[C@H](C)NC1=O. The van der Waals surface area contributed by atoms with Crippen LogP contribution in [0.5, 0.6) is 0 Å². The Balaban J connectivity index is 1.15. The predicted octanol–water partition coefficient (Wildman–Crippen LogP) is 4.35. The molecule has 4 saturated heterocycles. The Kier molecular flexibility index (Phi) is 27.0. The van der Waals surface area contributed by atoms with E-state index in [0.717, 1.165) is 25.7 Å². The van der Waals surface area contributed by atoms with Gasteiger partial charge in [0.05, 0.1) is 32.1 Å². The van der Waals surface area contributed by atoms with E-state index in [9.17, 15) is 41.9 Å². The van der Waals surface area contributed by atoms with Crippen molar-refractivity contribution in [1.29, 1.82) is 0 Å². The number of carbonyl (C=O) groups excluding carboxylic acids is 12. The lowest BCUT2D eigenvalue weighted by atomic mass is 9.78.